The molecule has 0 spiro atoms. The molecule has 0 bridgehead atoms. The van der Waals surface area contributed by atoms with Crippen LogP contribution < -0.4 is 0 Å². The summed E-state index contributed by atoms with van der Waals surface area (Å²) in [6, 6.07) is 0. The maximum atomic E-state index is 10.7. The molecule has 58 valence electrons. The zero-order chi connectivity index (χ0) is 8.41. The Morgan fingerprint density at radius 2 is 2.10 bits per heavy atom. The van der Waals surface area contributed by atoms with Gasteiger partial charge in [-0.3, -0.25) is 0 Å². The molecule has 0 aliphatic rings. The number of carboxylic acid groups (broad SMARTS) is 1. The summed E-state index contributed by atoms with van der Waals surface area (Å²) >= 11 is 0. The minimum atomic E-state index is -0.981. The lowest BCUT2D eigenvalue weighted by atomic mass is 10.7. The molecule has 0 radical (unpaired) electrons. The minimum Gasteiger partial charge on any atom is -0.478 e. The van der Waals surface area contributed by atoms with E-state index in [1.54, 1.807) is 0 Å². The molecule has 0 heterocycles. The Labute approximate surface area is 58.1 Å². The van der Waals surface area contributed by atoms with Gasteiger partial charge >= 0.3 is 5.97 Å². The highest BCUT2D eigenvalue weighted by molar-refractivity contribution is 5.78. The Morgan fingerprint density at radius 3 is 2.10 bits per heavy atom. The second-order valence-electron chi connectivity index (χ2n) is 1.09. The third kappa shape index (κ3) is 28.9. The van der Waals surface area contributed by atoms with Crippen LogP contribution in [0.3, 0.4) is 0 Å². The molecule has 0 aliphatic heterocycles. The van der Waals surface area contributed by atoms with Crippen molar-refractivity contribution < 1.29 is 19.4 Å². The first kappa shape index (κ1) is 11.6. The van der Waals surface area contributed by atoms with Crippen molar-refractivity contribution in [2.75, 3.05) is 6.61 Å². The zero-order valence-corrected chi connectivity index (χ0v) is 5.33. The number of aliphatic carboxylic acids is 1. The average Bonchev–Trinajstić information content (AvgIpc) is 1.91. The number of rotatable bonds is 2. The number of hydrogen-bond acceptors (Lipinski definition) is 2. The smallest absolute Gasteiger partial charge is 0.327 e. The quantitative estimate of drug-likeness (QED) is 0.567. The van der Waals surface area contributed by atoms with Gasteiger partial charge in [0.15, 0.2) is 0 Å². The summed E-state index contributed by atoms with van der Waals surface area (Å²) in [7, 11) is 0. The molecule has 0 atom stereocenters. The van der Waals surface area contributed by atoms with Crippen molar-refractivity contribution in [1.82, 2.24) is 0 Å². The van der Waals surface area contributed by atoms with E-state index in [9.17, 15) is 9.18 Å². The fourth-order valence-corrected chi connectivity index (χ4v) is 0.0398. The molecule has 0 aromatic rings. The van der Waals surface area contributed by atoms with Gasteiger partial charge in [0.1, 0.15) is 0 Å². The molecule has 10 heavy (non-hydrogen) atoms. The minimum absolute atomic E-state index is 0.212. The van der Waals surface area contributed by atoms with Crippen LogP contribution >= 0.6 is 0 Å². The Morgan fingerprint density at radius 1 is 1.70 bits per heavy atom. The second-order valence-corrected chi connectivity index (χ2v) is 1.09. The lowest BCUT2D eigenvalue weighted by Crippen LogP contribution is -1.82. The molecule has 3 nitrogen and oxygen atoms in total. The summed E-state index contributed by atoms with van der Waals surface area (Å²) < 4.78 is 10.7. The monoisotopic (exact) mass is 148 g/mol. The first-order valence-electron chi connectivity index (χ1n) is 2.40. The van der Waals surface area contributed by atoms with Crippen molar-refractivity contribution in [2.45, 2.75) is 0 Å². The van der Waals surface area contributed by atoms with Crippen LogP contribution in [-0.2, 0) is 4.79 Å². The number of carboxylic acids is 1. The Balaban J connectivity index is 0. The van der Waals surface area contributed by atoms with Crippen LogP contribution in [0.15, 0.2) is 25.1 Å². The highest BCUT2D eigenvalue weighted by atomic mass is 19.1. The topological polar surface area (TPSA) is 57.5 Å². The maximum absolute atomic E-state index is 10.7. The van der Waals surface area contributed by atoms with E-state index in [1.807, 2.05) is 0 Å². The van der Waals surface area contributed by atoms with Crippen molar-refractivity contribution in [3.8, 4) is 0 Å². The molecular formula is C6H9FO3. The van der Waals surface area contributed by atoms with E-state index in [1.165, 1.54) is 0 Å². The molecule has 0 rings (SSSR count). The third-order valence-electron chi connectivity index (χ3n) is 0.369. The normalized spacial score (nSPS) is 8.20. The van der Waals surface area contributed by atoms with Gasteiger partial charge in [-0.25, -0.2) is 9.18 Å². The van der Waals surface area contributed by atoms with Gasteiger partial charge in [0, 0.05) is 6.08 Å². The van der Waals surface area contributed by atoms with Crippen LogP contribution in [0, 0.1) is 0 Å². The van der Waals surface area contributed by atoms with Crippen LogP contribution in [0.5, 0.6) is 0 Å². The van der Waals surface area contributed by atoms with E-state index < -0.39 is 5.97 Å². The predicted molar refractivity (Wildman–Crippen MR) is 35.2 cm³/mol. The molecule has 0 fully saturated rings. The van der Waals surface area contributed by atoms with E-state index in [0.29, 0.717) is 6.33 Å². The second kappa shape index (κ2) is 10.8. The van der Waals surface area contributed by atoms with Gasteiger partial charge in [-0.2, -0.15) is 0 Å². The summed E-state index contributed by atoms with van der Waals surface area (Å²) in [5.41, 5.74) is 0. The van der Waals surface area contributed by atoms with Crippen molar-refractivity contribution >= 4 is 5.97 Å². The first-order chi connectivity index (χ1) is 4.68. The van der Waals surface area contributed by atoms with Crippen LogP contribution in [-0.4, -0.2) is 22.8 Å². The van der Waals surface area contributed by atoms with Gasteiger partial charge in [-0.1, -0.05) is 6.58 Å². The molecule has 0 saturated carbocycles. The maximum Gasteiger partial charge on any atom is 0.327 e. The highest BCUT2D eigenvalue weighted by Crippen LogP contribution is 1.65. The van der Waals surface area contributed by atoms with E-state index in [0.717, 1.165) is 12.2 Å². The van der Waals surface area contributed by atoms with Gasteiger partial charge in [0.05, 0.1) is 12.9 Å². The highest BCUT2D eigenvalue weighted by Gasteiger charge is 1.73. The number of aliphatic hydroxyl groups is 1. The van der Waals surface area contributed by atoms with Gasteiger partial charge in [0.25, 0.3) is 0 Å². The number of aliphatic hydroxyl groups excluding tert-OH is 1. The van der Waals surface area contributed by atoms with Gasteiger partial charge in [-0.05, 0) is 6.08 Å². The largest absolute Gasteiger partial charge is 0.478 e. The SMILES string of the molecule is C=CC(=O)O.OCC=CF. The summed E-state index contributed by atoms with van der Waals surface area (Å²) in [4.78, 5) is 9.25. The standard InChI is InChI=1S/C3H5FO.C3H4O2/c4-2-1-3-5;1-2-3(4)5/h1-2,5H,3H2;2H,1H2,(H,4,5). The molecule has 0 aromatic heterocycles. The van der Waals surface area contributed by atoms with E-state index in [2.05, 4.69) is 6.58 Å². The van der Waals surface area contributed by atoms with E-state index in [-0.39, 0.29) is 6.61 Å². The van der Waals surface area contributed by atoms with Crippen molar-refractivity contribution in [2.24, 2.45) is 0 Å². The predicted octanol–water partition coefficient (Wildman–Crippen LogP) is 0.719. The number of halogens is 1. The summed E-state index contributed by atoms with van der Waals surface area (Å²) in [6.07, 6.45) is 2.15. The number of hydrogen-bond donors (Lipinski definition) is 2. The Bertz CT molecular complexity index is 120. The van der Waals surface area contributed by atoms with Crippen molar-refractivity contribution in [3.63, 3.8) is 0 Å². The van der Waals surface area contributed by atoms with Gasteiger partial charge in [0.2, 0.25) is 0 Å². The number of carbonyl (C=O) groups is 1. The van der Waals surface area contributed by atoms with E-state index >= 15 is 0 Å². The van der Waals surface area contributed by atoms with Crippen LogP contribution in [0.2, 0.25) is 0 Å². The molecule has 2 N–H and O–H groups in total. The summed E-state index contributed by atoms with van der Waals surface area (Å²) in [6.45, 7) is 2.75. The zero-order valence-electron chi connectivity index (χ0n) is 5.33. The molecule has 0 unspecified atom stereocenters. The van der Waals surface area contributed by atoms with Crippen LogP contribution in [0.25, 0.3) is 0 Å². The summed E-state index contributed by atoms with van der Waals surface area (Å²) in [5, 5.41) is 15.3. The van der Waals surface area contributed by atoms with Crippen molar-refractivity contribution in [1.29, 1.82) is 0 Å². The average molecular weight is 148 g/mol. The Kier molecular flexibility index (Phi) is 12.5. The van der Waals surface area contributed by atoms with E-state index in [4.69, 9.17) is 10.2 Å². The summed E-state index contributed by atoms with van der Waals surface area (Å²) in [5.74, 6) is -0.981. The molecule has 0 aromatic carbocycles. The third-order valence-corrected chi connectivity index (χ3v) is 0.369. The molecule has 0 saturated heterocycles. The lowest BCUT2D eigenvalue weighted by Gasteiger charge is -1.64. The first-order valence-corrected chi connectivity index (χ1v) is 2.40. The molecular weight excluding hydrogens is 139 g/mol. The van der Waals surface area contributed by atoms with Crippen LogP contribution in [0.1, 0.15) is 0 Å². The van der Waals surface area contributed by atoms with Gasteiger partial charge < -0.3 is 10.2 Å². The Hall–Kier alpha value is -1.16. The molecule has 4 heteroatoms. The lowest BCUT2D eigenvalue weighted by molar-refractivity contribution is -0.131. The fourth-order valence-electron chi connectivity index (χ4n) is 0.0398. The fraction of sp³-hybridized carbons (Fsp3) is 0.167. The molecule has 0 amide bonds. The van der Waals surface area contributed by atoms with Crippen LogP contribution in [0.4, 0.5) is 4.39 Å². The van der Waals surface area contributed by atoms with Gasteiger partial charge in [-0.15, -0.1) is 0 Å². The molecule has 0 aliphatic carbocycles. The van der Waals surface area contributed by atoms with Crippen molar-refractivity contribution in [3.05, 3.63) is 25.1 Å².